The minimum Gasteiger partial charge on any atom is -0.356 e. The summed E-state index contributed by atoms with van der Waals surface area (Å²) in [6.07, 6.45) is 3.70. The van der Waals surface area contributed by atoms with Crippen LogP contribution in [0.3, 0.4) is 0 Å². The van der Waals surface area contributed by atoms with Crippen LogP contribution in [0, 0.1) is 21.6 Å². The van der Waals surface area contributed by atoms with Gasteiger partial charge in [0.15, 0.2) is 23.8 Å². The standard InChI is InChI=1S/C22H30Cl2N10.CH4N2O/c23-15-5-9-17(10-6-15)31-21(27)33-19(25)29-13-3-1-2-4-14-30-20(26)34-22(28)32-18-11-7-16(24)8-12-18;2-1(3)4/h5-12H,1-4,13-14H2,(H5,25,27,29,31,33)(H5,26,28,30,32,34);(H4,2,3,4). The van der Waals surface area contributed by atoms with Crippen molar-refractivity contribution in [3.05, 3.63) is 58.6 Å². The van der Waals surface area contributed by atoms with Gasteiger partial charge in [-0.15, -0.1) is 0 Å². The molecule has 2 rings (SSSR count). The highest BCUT2D eigenvalue weighted by atomic mass is 35.5. The number of hydrogen-bond donors (Lipinski definition) is 12. The fraction of sp³-hybridized carbons (Fsp3) is 0.261. The summed E-state index contributed by atoms with van der Waals surface area (Å²) < 4.78 is 0. The summed E-state index contributed by atoms with van der Waals surface area (Å²) in [5.41, 5.74) is 9.92. The van der Waals surface area contributed by atoms with Gasteiger partial charge in [-0.05, 0) is 61.4 Å². The summed E-state index contributed by atoms with van der Waals surface area (Å²) >= 11 is 11.7. The molecule has 0 spiro atoms. The average Bonchev–Trinajstić information content (AvgIpc) is 2.83. The smallest absolute Gasteiger partial charge is 0.309 e. The molecule has 2 aromatic rings. The SMILES string of the molecule is N=C(NCCCCCCNC(=N)NC(=N)Nc1ccc(Cl)cc1)NC(=N)Nc1ccc(Cl)cc1.NC(N)=O. The van der Waals surface area contributed by atoms with Crippen LogP contribution in [0.2, 0.25) is 10.0 Å². The Kier molecular flexibility index (Phi) is 15.1. The molecule has 0 aliphatic carbocycles. The molecule has 0 heterocycles. The summed E-state index contributed by atoms with van der Waals surface area (Å²) in [7, 11) is 0. The monoisotopic (exact) mass is 564 g/mol. The molecule has 0 saturated heterocycles. The Morgan fingerprint density at radius 1 is 0.605 bits per heavy atom. The number of primary amides is 2. The largest absolute Gasteiger partial charge is 0.356 e. The van der Waals surface area contributed by atoms with Gasteiger partial charge in [0.2, 0.25) is 0 Å². The molecule has 206 valence electrons. The second kappa shape index (κ2) is 18.1. The molecule has 0 fully saturated rings. The Labute approximate surface area is 231 Å². The Hall–Kier alpha value is -4.23. The van der Waals surface area contributed by atoms with Crippen molar-refractivity contribution in [2.75, 3.05) is 23.7 Å². The van der Waals surface area contributed by atoms with Crippen molar-refractivity contribution in [1.82, 2.24) is 21.3 Å². The van der Waals surface area contributed by atoms with Crippen LogP contribution >= 0.6 is 23.2 Å². The zero-order valence-corrected chi connectivity index (χ0v) is 22.2. The lowest BCUT2D eigenvalue weighted by Gasteiger charge is -2.13. The van der Waals surface area contributed by atoms with Crippen LogP contribution in [-0.4, -0.2) is 43.0 Å². The normalized spacial score (nSPS) is 9.63. The van der Waals surface area contributed by atoms with Gasteiger partial charge in [0.25, 0.3) is 0 Å². The van der Waals surface area contributed by atoms with Crippen molar-refractivity contribution in [2.24, 2.45) is 11.5 Å². The molecule has 0 saturated carbocycles. The highest BCUT2D eigenvalue weighted by Crippen LogP contribution is 2.13. The number of amides is 2. The number of anilines is 2. The molecule has 0 aliphatic rings. The maximum Gasteiger partial charge on any atom is 0.309 e. The summed E-state index contributed by atoms with van der Waals surface area (Å²) in [6, 6.07) is 13.1. The van der Waals surface area contributed by atoms with E-state index in [4.69, 9.17) is 49.6 Å². The zero-order chi connectivity index (χ0) is 28.3. The molecule has 2 aromatic carbocycles. The predicted molar refractivity (Wildman–Crippen MR) is 156 cm³/mol. The lowest BCUT2D eigenvalue weighted by atomic mass is 10.2. The van der Waals surface area contributed by atoms with Gasteiger partial charge in [0.05, 0.1) is 0 Å². The minimum absolute atomic E-state index is 0.00148. The van der Waals surface area contributed by atoms with Gasteiger partial charge in [-0.25, -0.2) is 4.79 Å². The van der Waals surface area contributed by atoms with Crippen LogP contribution in [0.5, 0.6) is 0 Å². The van der Waals surface area contributed by atoms with Crippen LogP contribution in [0.4, 0.5) is 16.2 Å². The van der Waals surface area contributed by atoms with Crippen LogP contribution in [0.1, 0.15) is 25.7 Å². The van der Waals surface area contributed by atoms with E-state index in [1.54, 1.807) is 48.5 Å². The van der Waals surface area contributed by atoms with Gasteiger partial charge >= 0.3 is 6.03 Å². The van der Waals surface area contributed by atoms with Crippen molar-refractivity contribution in [3.8, 4) is 0 Å². The predicted octanol–water partition coefficient (Wildman–Crippen LogP) is 3.20. The van der Waals surface area contributed by atoms with E-state index in [0.717, 1.165) is 25.7 Å². The summed E-state index contributed by atoms with van der Waals surface area (Å²) in [4.78, 5) is 9.00. The molecular formula is C23H34Cl2N12O. The Morgan fingerprint density at radius 3 is 1.24 bits per heavy atom. The third-order valence-electron chi connectivity index (χ3n) is 4.43. The molecule has 38 heavy (non-hydrogen) atoms. The van der Waals surface area contributed by atoms with Crippen LogP contribution in [0.15, 0.2) is 48.5 Å². The van der Waals surface area contributed by atoms with E-state index in [1.807, 2.05) is 0 Å². The lowest BCUT2D eigenvalue weighted by Crippen LogP contribution is -2.43. The fourth-order valence-corrected chi connectivity index (χ4v) is 3.04. The van der Waals surface area contributed by atoms with Crippen molar-refractivity contribution < 1.29 is 4.79 Å². The Balaban J connectivity index is 0.00000168. The van der Waals surface area contributed by atoms with E-state index in [2.05, 4.69) is 43.4 Å². The van der Waals surface area contributed by atoms with Crippen molar-refractivity contribution in [1.29, 1.82) is 21.6 Å². The summed E-state index contributed by atoms with van der Waals surface area (Å²) in [6.45, 7) is 1.25. The fourth-order valence-electron chi connectivity index (χ4n) is 2.79. The quantitative estimate of drug-likeness (QED) is 0.123. The number of rotatable bonds is 9. The summed E-state index contributed by atoms with van der Waals surface area (Å²) in [5, 5.41) is 49.5. The van der Waals surface area contributed by atoms with Gasteiger partial charge in [-0.3, -0.25) is 32.3 Å². The van der Waals surface area contributed by atoms with Gasteiger partial charge in [-0.1, -0.05) is 36.0 Å². The maximum atomic E-state index is 9.00. The number of hydrogen-bond acceptors (Lipinski definition) is 5. The van der Waals surface area contributed by atoms with Crippen molar-refractivity contribution in [3.63, 3.8) is 0 Å². The van der Waals surface area contributed by atoms with Gasteiger partial charge in [0.1, 0.15) is 0 Å². The number of unbranched alkanes of at least 4 members (excludes halogenated alkanes) is 3. The van der Waals surface area contributed by atoms with E-state index in [9.17, 15) is 0 Å². The third-order valence-corrected chi connectivity index (χ3v) is 4.94. The second-order valence-corrected chi connectivity index (χ2v) is 8.56. The van der Waals surface area contributed by atoms with Crippen molar-refractivity contribution in [2.45, 2.75) is 25.7 Å². The third kappa shape index (κ3) is 16.4. The van der Waals surface area contributed by atoms with Gasteiger partial charge < -0.3 is 32.7 Å². The number of carbonyl (C=O) groups is 1. The molecule has 0 aliphatic heterocycles. The number of guanidine groups is 4. The van der Waals surface area contributed by atoms with Gasteiger partial charge in [-0.2, -0.15) is 0 Å². The molecular weight excluding hydrogens is 531 g/mol. The highest BCUT2D eigenvalue weighted by molar-refractivity contribution is 6.31. The number of nitrogens with one attached hydrogen (secondary N) is 10. The number of urea groups is 1. The topological polar surface area (TPSA) is 237 Å². The van der Waals surface area contributed by atoms with Crippen LogP contribution in [0.25, 0.3) is 0 Å². The van der Waals surface area contributed by atoms with E-state index in [-0.39, 0.29) is 23.8 Å². The first-order valence-electron chi connectivity index (χ1n) is 11.5. The van der Waals surface area contributed by atoms with E-state index >= 15 is 0 Å². The first-order chi connectivity index (χ1) is 18.0. The lowest BCUT2D eigenvalue weighted by molar-refractivity contribution is 0.256. The first-order valence-corrected chi connectivity index (χ1v) is 12.3. The van der Waals surface area contributed by atoms with Gasteiger partial charge in [0, 0.05) is 34.5 Å². The average molecular weight is 566 g/mol. The molecule has 0 unspecified atom stereocenters. The van der Waals surface area contributed by atoms with E-state index < -0.39 is 6.03 Å². The molecule has 2 amide bonds. The van der Waals surface area contributed by atoms with Crippen molar-refractivity contribution >= 4 is 64.4 Å². The number of halogens is 2. The van der Waals surface area contributed by atoms with Crippen LogP contribution in [-0.2, 0) is 0 Å². The molecule has 13 nitrogen and oxygen atoms in total. The van der Waals surface area contributed by atoms with E-state index in [1.165, 1.54) is 0 Å². The highest BCUT2D eigenvalue weighted by Gasteiger charge is 2.03. The molecule has 0 aromatic heterocycles. The second-order valence-electron chi connectivity index (χ2n) is 7.68. The number of carbonyl (C=O) groups excluding carboxylic acids is 1. The number of nitrogens with two attached hydrogens (primary N) is 2. The molecule has 0 atom stereocenters. The van der Waals surface area contributed by atoms with E-state index in [0.29, 0.717) is 34.5 Å². The maximum absolute atomic E-state index is 9.00. The Bertz CT molecular complexity index is 978. The Morgan fingerprint density at radius 2 is 0.921 bits per heavy atom. The zero-order valence-electron chi connectivity index (χ0n) is 20.7. The summed E-state index contributed by atoms with van der Waals surface area (Å²) in [5.74, 6) is 0.112. The number of benzene rings is 2. The molecule has 15 heteroatoms. The molecule has 0 radical (unpaired) electrons. The molecule has 14 N–H and O–H groups in total. The molecule has 0 bridgehead atoms. The van der Waals surface area contributed by atoms with Crippen LogP contribution < -0.4 is 43.4 Å². The minimum atomic E-state index is -0.833. The first kappa shape index (κ1) is 31.8.